The van der Waals surface area contributed by atoms with Crippen molar-refractivity contribution in [3.63, 3.8) is 0 Å². The van der Waals surface area contributed by atoms with E-state index in [2.05, 4.69) is 0 Å². The van der Waals surface area contributed by atoms with Crippen molar-refractivity contribution in [3.05, 3.63) is 29.6 Å². The number of hydrogen-bond acceptors (Lipinski definition) is 3. The van der Waals surface area contributed by atoms with Gasteiger partial charge in [-0.05, 0) is 31.5 Å². The van der Waals surface area contributed by atoms with Crippen molar-refractivity contribution in [2.75, 3.05) is 18.5 Å². The summed E-state index contributed by atoms with van der Waals surface area (Å²) in [4.78, 5) is 1.73. The molecule has 1 atom stereocenters. The van der Waals surface area contributed by atoms with Crippen LogP contribution in [0.25, 0.3) is 0 Å². The van der Waals surface area contributed by atoms with Crippen LogP contribution in [0.5, 0.6) is 0 Å². The van der Waals surface area contributed by atoms with E-state index in [1.54, 1.807) is 31.0 Å². The molecule has 0 aliphatic rings. The van der Waals surface area contributed by atoms with E-state index in [-0.39, 0.29) is 5.84 Å². The Bertz CT molecular complexity index is 407. The number of nitrogens with one attached hydrogen (secondary N) is 1. The van der Waals surface area contributed by atoms with Gasteiger partial charge in [-0.1, -0.05) is 0 Å². The Morgan fingerprint density at radius 2 is 2.24 bits per heavy atom. The van der Waals surface area contributed by atoms with Crippen LogP contribution in [-0.4, -0.2) is 30.6 Å². The maximum atomic E-state index is 13.7. The van der Waals surface area contributed by atoms with Gasteiger partial charge in [0, 0.05) is 19.2 Å². The second-order valence-electron chi connectivity index (χ2n) is 4.14. The molecule has 17 heavy (non-hydrogen) atoms. The van der Waals surface area contributed by atoms with Crippen molar-refractivity contribution in [2.24, 2.45) is 5.73 Å². The number of hydrogen-bond donors (Lipinski definition) is 3. The van der Waals surface area contributed by atoms with Crippen LogP contribution >= 0.6 is 0 Å². The molecule has 0 aromatic heterocycles. The molecular weight excluding hydrogens is 221 g/mol. The van der Waals surface area contributed by atoms with Gasteiger partial charge in [-0.3, -0.25) is 5.41 Å². The first-order chi connectivity index (χ1) is 7.91. The van der Waals surface area contributed by atoms with Crippen molar-refractivity contribution in [2.45, 2.75) is 19.4 Å². The Balaban J connectivity index is 2.81. The zero-order valence-corrected chi connectivity index (χ0v) is 10.1. The van der Waals surface area contributed by atoms with E-state index in [4.69, 9.17) is 16.2 Å². The van der Waals surface area contributed by atoms with Crippen LogP contribution in [0, 0.1) is 11.2 Å². The molecule has 5 heteroatoms. The Morgan fingerprint density at radius 1 is 1.59 bits per heavy atom. The maximum Gasteiger partial charge on any atom is 0.147 e. The van der Waals surface area contributed by atoms with Gasteiger partial charge in [0.2, 0.25) is 0 Å². The average Bonchev–Trinajstić information content (AvgIpc) is 2.25. The molecule has 1 unspecified atom stereocenters. The number of nitrogen functional groups attached to an aromatic ring is 1. The first kappa shape index (κ1) is 13.4. The highest BCUT2D eigenvalue weighted by atomic mass is 19.1. The van der Waals surface area contributed by atoms with Gasteiger partial charge in [0.1, 0.15) is 11.7 Å². The molecule has 94 valence electrons. The molecule has 4 nitrogen and oxygen atoms in total. The number of benzene rings is 1. The Hall–Kier alpha value is -1.62. The van der Waals surface area contributed by atoms with Gasteiger partial charge in [0.05, 0.1) is 11.8 Å². The van der Waals surface area contributed by atoms with E-state index in [0.29, 0.717) is 24.2 Å². The summed E-state index contributed by atoms with van der Waals surface area (Å²) in [5, 5.41) is 16.4. The minimum atomic E-state index is -0.411. The summed E-state index contributed by atoms with van der Waals surface area (Å²) in [5.74, 6) is -0.562. The monoisotopic (exact) mass is 239 g/mol. The summed E-state index contributed by atoms with van der Waals surface area (Å²) in [6, 6.07) is 4.45. The summed E-state index contributed by atoms with van der Waals surface area (Å²) >= 11 is 0. The van der Waals surface area contributed by atoms with Crippen LogP contribution in [0.1, 0.15) is 18.9 Å². The lowest BCUT2D eigenvalue weighted by Gasteiger charge is -2.21. The van der Waals surface area contributed by atoms with Gasteiger partial charge >= 0.3 is 0 Å². The van der Waals surface area contributed by atoms with Crippen molar-refractivity contribution in [1.29, 1.82) is 5.41 Å². The molecule has 0 aliphatic carbocycles. The van der Waals surface area contributed by atoms with Crippen molar-refractivity contribution in [3.8, 4) is 0 Å². The zero-order chi connectivity index (χ0) is 13.0. The van der Waals surface area contributed by atoms with Gasteiger partial charge in [-0.15, -0.1) is 0 Å². The summed E-state index contributed by atoms with van der Waals surface area (Å²) in [7, 11) is 1.76. The molecule has 0 spiro atoms. The summed E-state index contributed by atoms with van der Waals surface area (Å²) < 4.78 is 13.7. The smallest absolute Gasteiger partial charge is 0.147 e. The molecule has 1 aromatic rings. The molecule has 0 aliphatic heterocycles. The Morgan fingerprint density at radius 3 is 2.71 bits per heavy atom. The quantitative estimate of drug-likeness (QED) is 0.536. The molecule has 0 fully saturated rings. The van der Waals surface area contributed by atoms with E-state index in [0.717, 1.165) is 0 Å². The first-order valence-electron chi connectivity index (χ1n) is 5.45. The number of nitrogens with zero attached hydrogens (tertiary/aromatic N) is 1. The molecule has 1 rings (SSSR count). The third kappa shape index (κ3) is 3.71. The van der Waals surface area contributed by atoms with E-state index < -0.39 is 11.9 Å². The number of rotatable bonds is 5. The fourth-order valence-electron chi connectivity index (χ4n) is 1.48. The van der Waals surface area contributed by atoms with Crippen molar-refractivity contribution >= 4 is 11.5 Å². The molecular formula is C12H18FN3O. The summed E-state index contributed by atoms with van der Waals surface area (Å²) in [5.41, 5.74) is 6.09. The number of aliphatic hydroxyl groups is 1. The van der Waals surface area contributed by atoms with Gasteiger partial charge in [-0.2, -0.15) is 0 Å². The lowest BCUT2D eigenvalue weighted by Crippen LogP contribution is -2.23. The molecule has 0 saturated carbocycles. The normalized spacial score (nSPS) is 12.2. The van der Waals surface area contributed by atoms with Crippen LogP contribution < -0.4 is 10.6 Å². The molecule has 0 bridgehead atoms. The number of nitrogens with two attached hydrogens (primary N) is 1. The van der Waals surface area contributed by atoms with Crippen LogP contribution in [0.2, 0.25) is 0 Å². The van der Waals surface area contributed by atoms with Crippen LogP contribution in [0.15, 0.2) is 18.2 Å². The van der Waals surface area contributed by atoms with Gasteiger partial charge < -0.3 is 15.7 Å². The number of anilines is 1. The molecule has 1 aromatic carbocycles. The second kappa shape index (κ2) is 5.63. The zero-order valence-electron chi connectivity index (χ0n) is 10.1. The minimum Gasteiger partial charge on any atom is -0.393 e. The molecule has 0 radical (unpaired) electrons. The fraction of sp³-hybridized carbons (Fsp3) is 0.417. The van der Waals surface area contributed by atoms with E-state index in [1.165, 1.54) is 6.07 Å². The summed E-state index contributed by atoms with van der Waals surface area (Å²) in [6.07, 6.45) is 0.168. The molecule has 0 amide bonds. The highest BCUT2D eigenvalue weighted by Gasteiger charge is 2.10. The summed E-state index contributed by atoms with van der Waals surface area (Å²) in [6.45, 7) is 2.26. The largest absolute Gasteiger partial charge is 0.393 e. The second-order valence-corrected chi connectivity index (χ2v) is 4.14. The van der Waals surface area contributed by atoms with Gasteiger partial charge in [0.25, 0.3) is 0 Å². The van der Waals surface area contributed by atoms with Crippen LogP contribution in [0.4, 0.5) is 10.1 Å². The molecule has 4 N–H and O–H groups in total. The highest BCUT2D eigenvalue weighted by Crippen LogP contribution is 2.19. The lowest BCUT2D eigenvalue weighted by molar-refractivity contribution is 0.187. The predicted octanol–water partition coefficient (Wildman–Crippen LogP) is 1.32. The fourth-order valence-corrected chi connectivity index (χ4v) is 1.48. The average molecular weight is 239 g/mol. The minimum absolute atomic E-state index is 0.151. The van der Waals surface area contributed by atoms with Gasteiger partial charge in [-0.25, -0.2) is 4.39 Å². The van der Waals surface area contributed by atoms with E-state index >= 15 is 0 Å². The number of halogens is 1. The predicted molar refractivity (Wildman–Crippen MR) is 67.0 cm³/mol. The van der Waals surface area contributed by atoms with E-state index in [9.17, 15) is 4.39 Å². The maximum absolute atomic E-state index is 13.7. The van der Waals surface area contributed by atoms with Crippen LogP contribution in [-0.2, 0) is 0 Å². The standard InChI is InChI=1S/C12H18FN3O/c1-8(17)5-6-16(2)11-4-3-9(12(14)15)7-10(11)13/h3-4,7-8,17H,5-6H2,1-2H3,(H3,14,15). The van der Waals surface area contributed by atoms with E-state index in [1.807, 2.05) is 0 Å². The highest BCUT2D eigenvalue weighted by molar-refractivity contribution is 5.95. The SMILES string of the molecule is CC(O)CCN(C)c1ccc(C(=N)N)cc1F. The number of amidine groups is 1. The lowest BCUT2D eigenvalue weighted by atomic mass is 10.1. The topological polar surface area (TPSA) is 73.3 Å². The first-order valence-corrected chi connectivity index (χ1v) is 5.45. The third-order valence-electron chi connectivity index (χ3n) is 2.55. The third-order valence-corrected chi connectivity index (χ3v) is 2.55. The number of aliphatic hydroxyl groups excluding tert-OH is 1. The van der Waals surface area contributed by atoms with Crippen LogP contribution in [0.3, 0.4) is 0 Å². The van der Waals surface area contributed by atoms with Crippen molar-refractivity contribution < 1.29 is 9.50 Å². The Kier molecular flexibility index (Phi) is 4.45. The molecule has 0 saturated heterocycles. The molecule has 0 heterocycles. The Labute approximate surface area is 100 Å². The van der Waals surface area contributed by atoms with Crippen molar-refractivity contribution in [1.82, 2.24) is 0 Å². The van der Waals surface area contributed by atoms with Gasteiger partial charge in [0.15, 0.2) is 0 Å².